The summed E-state index contributed by atoms with van der Waals surface area (Å²) in [7, 11) is 1.54. The Morgan fingerprint density at radius 1 is 1.04 bits per heavy atom. The number of esters is 1. The molecular formula is C36H30BrClN2O6. The molecule has 46 heavy (non-hydrogen) atoms. The SMILES string of the molecule is COc1ccc(C(=O)C(C)OC(=O)c2cc(-c3ccc(N4C(=O)C5CC=CC(C)C5C4=O)cc3)nc3c(C)c(Cl)c(Br)cc23)cc1. The average molecular weight is 702 g/mol. The maximum absolute atomic E-state index is 13.7. The van der Waals surface area contributed by atoms with Crippen LogP contribution in [-0.2, 0) is 14.3 Å². The van der Waals surface area contributed by atoms with Crippen molar-refractivity contribution in [3.8, 4) is 17.0 Å². The van der Waals surface area contributed by atoms with E-state index in [2.05, 4.69) is 15.9 Å². The number of ether oxygens (including phenoxy) is 2. The van der Waals surface area contributed by atoms with Crippen LogP contribution in [0.1, 0.15) is 46.5 Å². The van der Waals surface area contributed by atoms with E-state index in [1.165, 1.54) is 18.9 Å². The number of methoxy groups -OCH3 is 1. The summed E-state index contributed by atoms with van der Waals surface area (Å²) in [5, 5.41) is 0.952. The Morgan fingerprint density at radius 3 is 2.39 bits per heavy atom. The van der Waals surface area contributed by atoms with Gasteiger partial charge in [-0.1, -0.05) is 42.8 Å². The maximum Gasteiger partial charge on any atom is 0.339 e. The van der Waals surface area contributed by atoms with Crippen molar-refractivity contribution in [1.29, 1.82) is 0 Å². The number of ketones is 1. The molecule has 1 aliphatic carbocycles. The zero-order valence-corrected chi connectivity index (χ0v) is 27.9. The molecule has 10 heteroatoms. The second-order valence-electron chi connectivity index (χ2n) is 11.6. The number of hydrogen-bond acceptors (Lipinski definition) is 7. The van der Waals surface area contributed by atoms with Gasteiger partial charge in [0.15, 0.2) is 6.10 Å². The van der Waals surface area contributed by atoms with Crippen LogP contribution in [0.2, 0.25) is 5.02 Å². The summed E-state index contributed by atoms with van der Waals surface area (Å²) in [6, 6.07) is 16.8. The van der Waals surface area contributed by atoms with E-state index in [0.717, 1.165) is 0 Å². The third-order valence-corrected chi connectivity index (χ3v) is 10.1. The predicted molar refractivity (Wildman–Crippen MR) is 179 cm³/mol. The lowest BCUT2D eigenvalue weighted by atomic mass is 9.78. The van der Waals surface area contributed by atoms with Crippen LogP contribution in [0, 0.1) is 24.7 Å². The largest absolute Gasteiger partial charge is 0.497 e. The minimum Gasteiger partial charge on any atom is -0.497 e. The number of nitrogens with zero attached hydrogens (tertiary/aromatic N) is 2. The van der Waals surface area contributed by atoms with Gasteiger partial charge in [-0.3, -0.25) is 19.3 Å². The molecule has 1 aliphatic heterocycles. The molecule has 4 atom stereocenters. The van der Waals surface area contributed by atoms with Crippen molar-refractivity contribution < 1.29 is 28.7 Å². The Kier molecular flexibility index (Phi) is 8.56. The van der Waals surface area contributed by atoms with Crippen molar-refractivity contribution in [2.75, 3.05) is 12.0 Å². The molecule has 0 bridgehead atoms. The summed E-state index contributed by atoms with van der Waals surface area (Å²) >= 11 is 10.0. The van der Waals surface area contributed by atoms with Crippen molar-refractivity contribution in [3.05, 3.63) is 99.0 Å². The number of allylic oxidation sites excluding steroid dienone is 2. The van der Waals surface area contributed by atoms with E-state index in [0.29, 0.717) is 60.6 Å². The van der Waals surface area contributed by atoms with Crippen molar-refractivity contribution in [2.45, 2.75) is 33.3 Å². The number of benzene rings is 3. The second kappa shape index (κ2) is 12.5. The summed E-state index contributed by atoms with van der Waals surface area (Å²) in [6.07, 6.45) is 3.45. The molecule has 1 fully saturated rings. The van der Waals surface area contributed by atoms with Crippen LogP contribution in [0.15, 0.2) is 77.3 Å². The molecule has 6 rings (SSSR count). The number of rotatable bonds is 7. The molecule has 2 amide bonds. The molecule has 4 aromatic rings. The van der Waals surface area contributed by atoms with Crippen LogP contribution in [-0.4, -0.2) is 41.8 Å². The lowest BCUT2D eigenvalue weighted by molar-refractivity contribution is -0.122. The van der Waals surface area contributed by atoms with Crippen LogP contribution >= 0.6 is 27.5 Å². The lowest BCUT2D eigenvalue weighted by Gasteiger charge is -2.22. The molecule has 0 spiro atoms. The topological polar surface area (TPSA) is 103 Å². The summed E-state index contributed by atoms with van der Waals surface area (Å²) in [5.41, 5.74) is 3.31. The van der Waals surface area contributed by atoms with E-state index < -0.39 is 12.1 Å². The number of imide groups is 1. The smallest absolute Gasteiger partial charge is 0.339 e. The molecule has 0 radical (unpaired) electrons. The highest BCUT2D eigenvalue weighted by atomic mass is 79.9. The Bertz CT molecular complexity index is 1940. The molecule has 4 unspecified atom stereocenters. The third-order valence-electron chi connectivity index (χ3n) is 8.77. The minimum absolute atomic E-state index is 0.0104. The minimum atomic E-state index is -1.07. The number of amides is 2. The monoisotopic (exact) mass is 700 g/mol. The van der Waals surface area contributed by atoms with E-state index in [1.54, 1.807) is 67.6 Å². The number of aryl methyl sites for hydroxylation is 1. The van der Waals surface area contributed by atoms with E-state index in [1.807, 2.05) is 19.1 Å². The highest BCUT2D eigenvalue weighted by Crippen LogP contribution is 2.41. The lowest BCUT2D eigenvalue weighted by Crippen LogP contribution is -2.31. The van der Waals surface area contributed by atoms with E-state index >= 15 is 0 Å². The van der Waals surface area contributed by atoms with Gasteiger partial charge >= 0.3 is 5.97 Å². The second-order valence-corrected chi connectivity index (χ2v) is 12.8. The van der Waals surface area contributed by atoms with Crippen molar-refractivity contribution >= 4 is 67.7 Å². The van der Waals surface area contributed by atoms with Gasteiger partial charge in [-0.25, -0.2) is 9.78 Å². The number of halogens is 2. The molecule has 2 heterocycles. The maximum atomic E-state index is 13.7. The predicted octanol–water partition coefficient (Wildman–Crippen LogP) is 7.76. The molecule has 3 aromatic carbocycles. The van der Waals surface area contributed by atoms with Crippen LogP contribution in [0.4, 0.5) is 5.69 Å². The van der Waals surface area contributed by atoms with Gasteiger partial charge in [0.25, 0.3) is 0 Å². The van der Waals surface area contributed by atoms with E-state index in [4.69, 9.17) is 26.1 Å². The van der Waals surface area contributed by atoms with Gasteiger partial charge in [-0.2, -0.15) is 0 Å². The van der Waals surface area contributed by atoms with Gasteiger partial charge in [0.2, 0.25) is 17.6 Å². The molecule has 0 N–H and O–H groups in total. The zero-order valence-electron chi connectivity index (χ0n) is 25.5. The van der Waals surface area contributed by atoms with E-state index in [-0.39, 0.29) is 40.9 Å². The van der Waals surface area contributed by atoms with Gasteiger partial charge in [-0.15, -0.1) is 0 Å². The molecule has 234 valence electrons. The number of carbonyl (C=O) groups excluding carboxylic acids is 4. The highest BCUT2D eigenvalue weighted by molar-refractivity contribution is 9.10. The summed E-state index contributed by atoms with van der Waals surface area (Å²) in [6.45, 7) is 5.29. The Balaban J connectivity index is 1.34. The van der Waals surface area contributed by atoms with Crippen molar-refractivity contribution in [2.24, 2.45) is 17.8 Å². The molecular weight excluding hydrogens is 672 g/mol. The normalized spacial score (nSPS) is 19.7. The van der Waals surface area contributed by atoms with Gasteiger partial charge < -0.3 is 9.47 Å². The van der Waals surface area contributed by atoms with E-state index in [9.17, 15) is 19.2 Å². The van der Waals surface area contributed by atoms with Gasteiger partial charge in [0.1, 0.15) is 5.75 Å². The van der Waals surface area contributed by atoms with Gasteiger partial charge in [-0.05, 0) is 96.2 Å². The van der Waals surface area contributed by atoms with Crippen molar-refractivity contribution in [3.63, 3.8) is 0 Å². The highest BCUT2D eigenvalue weighted by Gasteiger charge is 2.50. The Morgan fingerprint density at radius 2 is 1.74 bits per heavy atom. The first-order valence-electron chi connectivity index (χ1n) is 14.8. The number of carbonyl (C=O) groups is 4. The zero-order chi connectivity index (χ0) is 32.9. The first-order valence-corrected chi connectivity index (χ1v) is 16.0. The summed E-state index contributed by atoms with van der Waals surface area (Å²) in [5.74, 6) is -1.57. The molecule has 8 nitrogen and oxygen atoms in total. The fraction of sp³-hybridized carbons (Fsp3) is 0.250. The summed E-state index contributed by atoms with van der Waals surface area (Å²) in [4.78, 5) is 59.4. The number of hydrogen-bond donors (Lipinski definition) is 0. The number of fused-ring (bicyclic) bond motifs is 2. The first kappa shape index (κ1) is 31.6. The number of anilines is 1. The third kappa shape index (κ3) is 5.52. The average Bonchev–Trinajstić information content (AvgIpc) is 3.32. The number of Topliss-reactive ketones (excluding diaryl/α,β-unsaturated/α-hetero) is 1. The first-order chi connectivity index (χ1) is 22.0. The quantitative estimate of drug-likeness (QED) is 0.0840. The fourth-order valence-corrected chi connectivity index (χ4v) is 6.90. The number of aromatic nitrogens is 1. The summed E-state index contributed by atoms with van der Waals surface area (Å²) < 4.78 is 11.4. The van der Waals surface area contributed by atoms with Crippen LogP contribution in [0.25, 0.3) is 22.2 Å². The van der Waals surface area contributed by atoms with Crippen molar-refractivity contribution in [1.82, 2.24) is 4.98 Å². The van der Waals surface area contributed by atoms with Crippen LogP contribution in [0.5, 0.6) is 5.75 Å². The Labute approximate surface area is 279 Å². The molecule has 1 aromatic heterocycles. The van der Waals surface area contributed by atoms with Crippen LogP contribution in [0.3, 0.4) is 0 Å². The Hall–Kier alpha value is -4.34. The standard InChI is InChI=1S/C36H30BrClN2O6/c1-18-6-5-7-25-30(18)35(43)40(34(25)42)23-12-8-21(9-13-23)29-17-27(26-16-28(37)31(38)19(2)32(26)39-29)36(44)46-20(3)33(41)22-10-14-24(45-4)15-11-22/h5-6,8-18,20,25,30H,7H2,1-4H3. The van der Waals surface area contributed by atoms with Gasteiger partial charge in [0.05, 0.1) is 46.4 Å². The fourth-order valence-electron chi connectivity index (χ4n) is 6.23. The molecule has 1 saturated heterocycles. The van der Waals surface area contributed by atoms with Crippen LogP contribution < -0.4 is 9.64 Å². The molecule has 2 aliphatic rings. The number of pyridine rings is 1. The van der Waals surface area contributed by atoms with Gasteiger partial charge in [0, 0.05) is 21.0 Å². The molecule has 0 saturated carbocycles.